The Labute approximate surface area is 133 Å². The number of carbonyl (C=O) groups excluding carboxylic acids is 1. The van der Waals surface area contributed by atoms with E-state index in [0.717, 1.165) is 19.3 Å². The average Bonchev–Trinajstić information content (AvgIpc) is 2.93. The molecule has 0 saturated heterocycles. The van der Waals surface area contributed by atoms with Crippen LogP contribution in [0.2, 0.25) is 0 Å². The summed E-state index contributed by atoms with van der Waals surface area (Å²) < 4.78 is 4.91. The first kappa shape index (κ1) is 15.1. The number of carbonyl (C=O) groups is 1. The molecular weight excluding hydrogens is 298 g/mol. The van der Waals surface area contributed by atoms with Crippen molar-refractivity contribution >= 4 is 17.7 Å². The molecule has 0 radical (unpaired) electrons. The highest BCUT2D eigenvalue weighted by atomic mass is 32.2. The van der Waals surface area contributed by atoms with Crippen molar-refractivity contribution in [2.75, 3.05) is 5.75 Å². The summed E-state index contributed by atoms with van der Waals surface area (Å²) in [6.07, 6.45) is 3.24. The van der Waals surface area contributed by atoms with E-state index in [0.29, 0.717) is 23.2 Å². The molecule has 1 atom stereocenters. The molecule has 1 aromatic heterocycles. The minimum absolute atomic E-state index is 0.0620. The molecule has 0 fully saturated rings. The lowest BCUT2D eigenvalue weighted by atomic mass is 9.88. The van der Waals surface area contributed by atoms with Gasteiger partial charge in [-0.3, -0.25) is 4.79 Å². The van der Waals surface area contributed by atoms with Gasteiger partial charge < -0.3 is 9.84 Å². The summed E-state index contributed by atoms with van der Waals surface area (Å²) in [6.45, 7) is 1.76. The third-order valence-corrected chi connectivity index (χ3v) is 4.67. The number of fused-ring (bicyclic) bond motifs is 1. The van der Waals surface area contributed by atoms with Gasteiger partial charge in [0.15, 0.2) is 5.82 Å². The van der Waals surface area contributed by atoms with Gasteiger partial charge >= 0.3 is 0 Å². The number of amides is 1. The monoisotopic (exact) mass is 317 g/mol. The Hall–Kier alpha value is -1.82. The van der Waals surface area contributed by atoms with Gasteiger partial charge in [-0.1, -0.05) is 29.4 Å². The predicted molar refractivity (Wildman–Crippen MR) is 85.5 cm³/mol. The lowest BCUT2D eigenvalue weighted by Crippen LogP contribution is -2.32. The lowest BCUT2D eigenvalue weighted by molar-refractivity contribution is -0.119. The number of aromatic nitrogens is 2. The first-order valence-corrected chi connectivity index (χ1v) is 8.62. The summed E-state index contributed by atoms with van der Waals surface area (Å²) in [4.78, 5) is 16.2. The maximum Gasteiger partial charge on any atom is 0.230 e. The van der Waals surface area contributed by atoms with Gasteiger partial charge in [0.05, 0.1) is 17.5 Å². The molecular formula is C16H19N3O2S. The van der Waals surface area contributed by atoms with Crippen LogP contribution in [0.25, 0.3) is 0 Å². The van der Waals surface area contributed by atoms with E-state index in [9.17, 15) is 4.79 Å². The number of nitrogens with one attached hydrogen (secondary N) is 1. The van der Waals surface area contributed by atoms with Gasteiger partial charge in [-0.15, -0.1) is 11.8 Å². The van der Waals surface area contributed by atoms with Gasteiger partial charge in [0.25, 0.3) is 0 Å². The number of aryl methyl sites for hydroxylation is 2. The minimum atomic E-state index is 0.0620. The molecule has 0 saturated carbocycles. The van der Waals surface area contributed by atoms with Crippen LogP contribution in [-0.4, -0.2) is 21.8 Å². The summed E-state index contributed by atoms with van der Waals surface area (Å²) in [5.74, 6) is 2.25. The Morgan fingerprint density at radius 1 is 1.45 bits per heavy atom. The van der Waals surface area contributed by atoms with Crippen LogP contribution in [0.15, 0.2) is 28.8 Å². The quantitative estimate of drug-likeness (QED) is 0.918. The van der Waals surface area contributed by atoms with Crippen LogP contribution in [0, 0.1) is 6.92 Å². The van der Waals surface area contributed by atoms with E-state index in [-0.39, 0.29) is 11.9 Å². The predicted octanol–water partition coefficient (Wildman–Crippen LogP) is 2.81. The van der Waals surface area contributed by atoms with Crippen LogP contribution in [0.3, 0.4) is 0 Å². The zero-order chi connectivity index (χ0) is 15.4. The van der Waals surface area contributed by atoms with Gasteiger partial charge in [-0.25, -0.2) is 0 Å². The fraction of sp³-hybridized carbons (Fsp3) is 0.438. The number of benzene rings is 1. The molecule has 116 valence electrons. The van der Waals surface area contributed by atoms with Crippen molar-refractivity contribution in [2.45, 2.75) is 38.0 Å². The molecule has 0 aliphatic heterocycles. The van der Waals surface area contributed by atoms with Crippen molar-refractivity contribution in [1.29, 1.82) is 0 Å². The second-order valence-electron chi connectivity index (χ2n) is 5.43. The van der Waals surface area contributed by atoms with Gasteiger partial charge in [0.2, 0.25) is 11.8 Å². The fourth-order valence-electron chi connectivity index (χ4n) is 2.77. The maximum absolute atomic E-state index is 12.1. The standard InChI is InChI=1S/C16H19N3O2S/c1-11-17-15(19-21-11)9-22-10-16(20)18-14-8-4-6-12-5-2-3-7-13(12)14/h2-3,5,7,14H,4,6,8-10H2,1H3,(H,18,20). The molecule has 1 aliphatic carbocycles. The summed E-state index contributed by atoms with van der Waals surface area (Å²) >= 11 is 1.50. The van der Waals surface area contributed by atoms with Crippen molar-refractivity contribution in [3.63, 3.8) is 0 Å². The highest BCUT2D eigenvalue weighted by Gasteiger charge is 2.21. The lowest BCUT2D eigenvalue weighted by Gasteiger charge is -2.26. The molecule has 5 nitrogen and oxygen atoms in total. The van der Waals surface area contributed by atoms with Crippen LogP contribution in [0.5, 0.6) is 0 Å². The average molecular weight is 317 g/mol. The first-order valence-electron chi connectivity index (χ1n) is 7.46. The smallest absolute Gasteiger partial charge is 0.230 e. The third kappa shape index (κ3) is 3.68. The topological polar surface area (TPSA) is 68.0 Å². The SMILES string of the molecule is Cc1nc(CSCC(=O)NC2CCCc3ccccc32)no1. The van der Waals surface area contributed by atoms with E-state index in [1.54, 1.807) is 6.92 Å². The second-order valence-corrected chi connectivity index (χ2v) is 6.42. The van der Waals surface area contributed by atoms with Gasteiger partial charge in [0.1, 0.15) is 0 Å². The van der Waals surface area contributed by atoms with Crippen molar-refractivity contribution in [1.82, 2.24) is 15.5 Å². The summed E-state index contributed by atoms with van der Waals surface area (Å²) in [6, 6.07) is 8.52. The molecule has 22 heavy (non-hydrogen) atoms. The fourth-order valence-corrected chi connectivity index (χ4v) is 3.45. The molecule has 1 amide bonds. The molecule has 0 bridgehead atoms. The van der Waals surface area contributed by atoms with Gasteiger partial charge in [-0.2, -0.15) is 4.98 Å². The highest BCUT2D eigenvalue weighted by molar-refractivity contribution is 7.99. The Morgan fingerprint density at radius 3 is 3.14 bits per heavy atom. The molecule has 1 heterocycles. The Bertz CT molecular complexity index is 656. The number of hydrogen-bond donors (Lipinski definition) is 1. The second kappa shape index (κ2) is 6.96. The highest BCUT2D eigenvalue weighted by Crippen LogP contribution is 2.29. The van der Waals surface area contributed by atoms with Crippen LogP contribution in [0.1, 0.15) is 41.7 Å². The van der Waals surface area contributed by atoms with E-state index in [1.165, 1.54) is 22.9 Å². The van der Waals surface area contributed by atoms with Crippen LogP contribution in [0.4, 0.5) is 0 Å². The van der Waals surface area contributed by atoms with E-state index in [1.807, 2.05) is 6.07 Å². The number of thioether (sulfide) groups is 1. The number of nitrogens with zero attached hydrogens (tertiary/aromatic N) is 2. The van der Waals surface area contributed by atoms with E-state index in [2.05, 4.69) is 33.7 Å². The molecule has 6 heteroatoms. The third-order valence-electron chi connectivity index (χ3n) is 3.74. The molecule has 1 aliphatic rings. The molecule has 1 unspecified atom stereocenters. The van der Waals surface area contributed by atoms with Crippen molar-refractivity contribution in [2.24, 2.45) is 0 Å². The van der Waals surface area contributed by atoms with E-state index >= 15 is 0 Å². The zero-order valence-electron chi connectivity index (χ0n) is 12.5. The Balaban J connectivity index is 1.50. The van der Waals surface area contributed by atoms with Crippen molar-refractivity contribution < 1.29 is 9.32 Å². The molecule has 2 aromatic rings. The number of rotatable bonds is 5. The molecule has 1 aromatic carbocycles. The van der Waals surface area contributed by atoms with Crippen molar-refractivity contribution in [3.05, 3.63) is 47.1 Å². The van der Waals surface area contributed by atoms with Crippen LogP contribution < -0.4 is 5.32 Å². The largest absolute Gasteiger partial charge is 0.349 e. The number of hydrogen-bond acceptors (Lipinski definition) is 5. The maximum atomic E-state index is 12.1. The van der Waals surface area contributed by atoms with Crippen molar-refractivity contribution in [3.8, 4) is 0 Å². The van der Waals surface area contributed by atoms with Crippen LogP contribution >= 0.6 is 11.8 Å². The Kier molecular flexibility index (Phi) is 4.77. The first-order chi connectivity index (χ1) is 10.7. The van der Waals surface area contributed by atoms with E-state index < -0.39 is 0 Å². The molecule has 1 N–H and O–H groups in total. The zero-order valence-corrected chi connectivity index (χ0v) is 13.4. The Morgan fingerprint density at radius 2 is 2.32 bits per heavy atom. The summed E-state index contributed by atoms with van der Waals surface area (Å²) in [5, 5.41) is 6.96. The summed E-state index contributed by atoms with van der Waals surface area (Å²) in [7, 11) is 0. The minimum Gasteiger partial charge on any atom is -0.349 e. The van der Waals surface area contributed by atoms with Gasteiger partial charge in [0, 0.05) is 6.92 Å². The van der Waals surface area contributed by atoms with Gasteiger partial charge in [-0.05, 0) is 30.4 Å². The molecule has 0 spiro atoms. The summed E-state index contributed by atoms with van der Waals surface area (Å²) in [5.41, 5.74) is 2.62. The normalized spacial score (nSPS) is 17.0. The van der Waals surface area contributed by atoms with E-state index in [4.69, 9.17) is 4.52 Å². The van der Waals surface area contributed by atoms with Crippen LogP contribution in [-0.2, 0) is 17.0 Å². The molecule has 3 rings (SSSR count).